The smallest absolute Gasteiger partial charge is 0.368 e. The predicted molar refractivity (Wildman–Crippen MR) is 117 cm³/mol. The number of hydrogen-bond donors (Lipinski definition) is 2. The topological polar surface area (TPSA) is 47.2 Å². The first-order valence-electron chi connectivity index (χ1n) is 9.66. The number of aromatic amines is 1. The monoisotopic (exact) mass is 433 g/mol. The predicted octanol–water partition coefficient (Wildman–Crippen LogP) is 4.72. The maximum Gasteiger partial charge on any atom is 0.416 e. The second kappa shape index (κ2) is 7.79. The highest BCUT2D eigenvalue weighted by Crippen LogP contribution is 2.32. The van der Waals surface area contributed by atoms with E-state index in [2.05, 4.69) is 28.3 Å². The van der Waals surface area contributed by atoms with Crippen molar-refractivity contribution in [2.45, 2.75) is 20.0 Å². The summed E-state index contributed by atoms with van der Waals surface area (Å²) in [7, 11) is 0. The van der Waals surface area contributed by atoms with Crippen molar-refractivity contribution in [3.8, 4) is 0 Å². The van der Waals surface area contributed by atoms with Crippen molar-refractivity contribution < 1.29 is 13.2 Å². The summed E-state index contributed by atoms with van der Waals surface area (Å²) in [4.78, 5) is 11.7. The Morgan fingerprint density at radius 3 is 2.47 bits per heavy atom. The summed E-state index contributed by atoms with van der Waals surface area (Å²) >= 11 is 5.52. The summed E-state index contributed by atoms with van der Waals surface area (Å²) in [5.74, 6) is 0.584. The van der Waals surface area contributed by atoms with Gasteiger partial charge in [0.25, 0.3) is 0 Å². The van der Waals surface area contributed by atoms with E-state index in [1.54, 1.807) is 6.07 Å². The normalized spacial score (nSPS) is 15.0. The molecule has 0 bridgehead atoms. The third-order valence-corrected chi connectivity index (χ3v) is 5.79. The second-order valence-electron chi connectivity index (χ2n) is 7.49. The number of H-pyrrole nitrogens is 1. The summed E-state index contributed by atoms with van der Waals surface area (Å²) < 4.78 is 38.9. The highest BCUT2D eigenvalue weighted by atomic mass is 32.1. The van der Waals surface area contributed by atoms with Crippen LogP contribution in [0.4, 0.5) is 24.8 Å². The SMILES string of the molecule is Cc1cc2nc(NC(=S)N3CCN(c4cccc(C(F)(F)F)c4)CC3)[nH]c2cc1C. The Morgan fingerprint density at radius 2 is 1.77 bits per heavy atom. The first-order valence-corrected chi connectivity index (χ1v) is 10.1. The molecule has 2 aromatic carbocycles. The Labute approximate surface area is 177 Å². The minimum atomic E-state index is -4.34. The van der Waals surface area contributed by atoms with E-state index in [1.807, 2.05) is 22.8 Å². The summed E-state index contributed by atoms with van der Waals surface area (Å²) in [6.45, 7) is 6.49. The highest BCUT2D eigenvalue weighted by Gasteiger charge is 2.31. The lowest BCUT2D eigenvalue weighted by Crippen LogP contribution is -2.50. The van der Waals surface area contributed by atoms with Crippen LogP contribution >= 0.6 is 12.2 Å². The largest absolute Gasteiger partial charge is 0.416 e. The Balaban J connectivity index is 1.39. The molecule has 1 fully saturated rings. The Morgan fingerprint density at radius 1 is 1.07 bits per heavy atom. The van der Waals surface area contributed by atoms with Crippen LogP contribution in [0.15, 0.2) is 36.4 Å². The standard InChI is InChI=1S/C21H22F3N5S/c1-13-10-17-18(11-14(13)2)26-19(25-17)27-20(30)29-8-6-28(7-9-29)16-5-3-4-15(12-16)21(22,23)24/h3-5,10-12H,6-9H2,1-2H3,(H2,25,26,27,30). The fraction of sp³-hybridized carbons (Fsp3) is 0.333. The quantitative estimate of drug-likeness (QED) is 0.573. The molecule has 1 aromatic heterocycles. The molecule has 0 radical (unpaired) electrons. The summed E-state index contributed by atoms with van der Waals surface area (Å²) in [6.07, 6.45) is -4.34. The van der Waals surface area contributed by atoms with Gasteiger partial charge in [-0.25, -0.2) is 4.98 Å². The van der Waals surface area contributed by atoms with Crippen LogP contribution in [0.1, 0.15) is 16.7 Å². The number of hydrogen-bond acceptors (Lipinski definition) is 3. The maximum absolute atomic E-state index is 13.0. The number of halogens is 3. The van der Waals surface area contributed by atoms with Gasteiger partial charge >= 0.3 is 6.18 Å². The molecule has 1 aliphatic rings. The van der Waals surface area contributed by atoms with Crippen molar-refractivity contribution in [2.75, 3.05) is 36.4 Å². The minimum absolute atomic E-state index is 0.547. The first-order chi connectivity index (χ1) is 14.2. The number of nitrogens with one attached hydrogen (secondary N) is 2. The van der Waals surface area contributed by atoms with Gasteiger partial charge in [0.15, 0.2) is 5.11 Å². The van der Waals surface area contributed by atoms with Crippen molar-refractivity contribution in [3.63, 3.8) is 0 Å². The zero-order chi connectivity index (χ0) is 21.5. The van der Waals surface area contributed by atoms with Crippen LogP contribution in [-0.2, 0) is 6.18 Å². The van der Waals surface area contributed by atoms with Crippen molar-refractivity contribution in [3.05, 3.63) is 53.1 Å². The fourth-order valence-corrected chi connectivity index (χ4v) is 3.83. The number of piperazine rings is 1. The van der Waals surface area contributed by atoms with Gasteiger partial charge < -0.3 is 20.1 Å². The highest BCUT2D eigenvalue weighted by molar-refractivity contribution is 7.80. The molecule has 0 aliphatic carbocycles. The van der Waals surface area contributed by atoms with Crippen molar-refractivity contribution in [2.24, 2.45) is 0 Å². The molecule has 0 unspecified atom stereocenters. The lowest BCUT2D eigenvalue weighted by molar-refractivity contribution is -0.137. The molecule has 5 nitrogen and oxygen atoms in total. The van der Waals surface area contributed by atoms with Crippen LogP contribution in [0.25, 0.3) is 11.0 Å². The molecular weight excluding hydrogens is 411 g/mol. The summed E-state index contributed by atoms with van der Waals surface area (Å²) in [5, 5.41) is 3.69. The molecule has 9 heteroatoms. The van der Waals surface area contributed by atoms with Gasteiger partial charge in [-0.3, -0.25) is 0 Å². The number of thiocarbonyl (C=S) groups is 1. The number of aryl methyl sites for hydroxylation is 2. The molecule has 0 spiro atoms. The fourth-order valence-electron chi connectivity index (χ4n) is 3.56. The molecule has 4 rings (SSSR count). The Hall–Kier alpha value is -2.81. The van der Waals surface area contributed by atoms with E-state index in [-0.39, 0.29) is 0 Å². The van der Waals surface area contributed by atoms with Crippen LogP contribution in [-0.4, -0.2) is 46.2 Å². The molecule has 1 aliphatic heterocycles. The third kappa shape index (κ3) is 4.21. The number of imidazole rings is 1. The van der Waals surface area contributed by atoms with Gasteiger partial charge in [0.2, 0.25) is 5.95 Å². The number of alkyl halides is 3. The Bertz CT molecular complexity index is 1040. The zero-order valence-electron chi connectivity index (χ0n) is 16.7. The van der Waals surface area contributed by atoms with E-state index < -0.39 is 11.7 Å². The van der Waals surface area contributed by atoms with Crippen molar-refractivity contribution in [1.29, 1.82) is 0 Å². The average molecular weight is 434 g/mol. The second-order valence-corrected chi connectivity index (χ2v) is 7.88. The van der Waals surface area contributed by atoms with Gasteiger partial charge in [-0.1, -0.05) is 6.07 Å². The average Bonchev–Trinajstić information content (AvgIpc) is 3.08. The molecule has 3 aromatic rings. The van der Waals surface area contributed by atoms with Crippen LogP contribution in [0.2, 0.25) is 0 Å². The minimum Gasteiger partial charge on any atom is -0.368 e. The van der Waals surface area contributed by atoms with E-state index in [4.69, 9.17) is 12.2 Å². The molecule has 0 amide bonds. The van der Waals surface area contributed by atoms with Crippen molar-refractivity contribution in [1.82, 2.24) is 14.9 Å². The number of anilines is 2. The molecule has 2 N–H and O–H groups in total. The number of rotatable bonds is 2. The van der Waals surface area contributed by atoms with Gasteiger partial charge in [0, 0.05) is 31.9 Å². The Kier molecular flexibility index (Phi) is 5.31. The van der Waals surface area contributed by atoms with E-state index >= 15 is 0 Å². The van der Waals surface area contributed by atoms with Gasteiger partial charge in [-0.15, -0.1) is 0 Å². The first kappa shape index (κ1) is 20.5. The number of nitrogens with zero attached hydrogens (tertiary/aromatic N) is 3. The zero-order valence-corrected chi connectivity index (χ0v) is 17.5. The van der Waals surface area contributed by atoms with E-state index in [0.29, 0.717) is 42.9 Å². The van der Waals surface area contributed by atoms with Crippen LogP contribution in [0.5, 0.6) is 0 Å². The number of benzene rings is 2. The van der Waals surface area contributed by atoms with E-state index in [1.165, 1.54) is 23.3 Å². The van der Waals surface area contributed by atoms with Crippen LogP contribution < -0.4 is 10.2 Å². The summed E-state index contributed by atoms with van der Waals surface area (Å²) in [5.41, 5.74) is 4.12. The van der Waals surface area contributed by atoms with Gasteiger partial charge in [0.1, 0.15) is 0 Å². The van der Waals surface area contributed by atoms with Gasteiger partial charge in [-0.05, 0) is 67.5 Å². The number of fused-ring (bicyclic) bond motifs is 1. The third-order valence-electron chi connectivity index (χ3n) is 5.43. The van der Waals surface area contributed by atoms with Crippen molar-refractivity contribution >= 4 is 40.0 Å². The molecule has 158 valence electrons. The lowest BCUT2D eigenvalue weighted by Gasteiger charge is -2.37. The summed E-state index contributed by atoms with van der Waals surface area (Å²) in [6, 6.07) is 9.53. The van der Waals surface area contributed by atoms with Crippen LogP contribution in [0.3, 0.4) is 0 Å². The van der Waals surface area contributed by atoms with E-state index in [0.717, 1.165) is 17.1 Å². The molecule has 0 saturated carbocycles. The van der Waals surface area contributed by atoms with Gasteiger partial charge in [0.05, 0.1) is 16.6 Å². The molecule has 30 heavy (non-hydrogen) atoms. The lowest BCUT2D eigenvalue weighted by atomic mass is 10.1. The molecule has 2 heterocycles. The van der Waals surface area contributed by atoms with Gasteiger partial charge in [-0.2, -0.15) is 13.2 Å². The maximum atomic E-state index is 13.0. The van der Waals surface area contributed by atoms with Crippen LogP contribution in [0, 0.1) is 13.8 Å². The molecular formula is C21H22F3N5S. The number of aromatic nitrogens is 2. The molecule has 0 atom stereocenters. The van der Waals surface area contributed by atoms with E-state index in [9.17, 15) is 13.2 Å². The molecule has 1 saturated heterocycles.